The van der Waals surface area contributed by atoms with Gasteiger partial charge in [0.1, 0.15) is 16.5 Å². The van der Waals surface area contributed by atoms with Crippen LogP contribution in [0.25, 0.3) is 0 Å². The highest BCUT2D eigenvalue weighted by Crippen LogP contribution is 2.40. The fraction of sp³-hybridized carbons (Fsp3) is 0.458. The van der Waals surface area contributed by atoms with Crippen molar-refractivity contribution in [1.82, 2.24) is 9.62 Å². The molecule has 0 aromatic heterocycles. The number of hydrogen-bond donors (Lipinski definition) is 2. The zero-order valence-electron chi connectivity index (χ0n) is 19.2. The quantitative estimate of drug-likeness (QED) is 0.531. The number of methoxy groups -OCH3 is 1. The van der Waals surface area contributed by atoms with Crippen LogP contribution in [0.4, 0.5) is 13.2 Å². The van der Waals surface area contributed by atoms with Crippen LogP contribution in [0.1, 0.15) is 31.2 Å². The Labute approximate surface area is 202 Å². The molecule has 11 heteroatoms. The van der Waals surface area contributed by atoms with Crippen molar-refractivity contribution in [2.75, 3.05) is 13.7 Å². The molecule has 1 amide bonds. The molecule has 2 fully saturated rings. The van der Waals surface area contributed by atoms with E-state index in [1.807, 2.05) is 0 Å². The second-order valence-corrected chi connectivity index (χ2v) is 10.9. The number of nitrogens with one attached hydrogen (secondary N) is 1. The van der Waals surface area contributed by atoms with E-state index in [9.17, 15) is 26.4 Å². The molecule has 4 rings (SSSR count). The molecular formula is C24H28F3N3O4S. The van der Waals surface area contributed by atoms with Gasteiger partial charge in [-0.05, 0) is 61.8 Å². The largest absolute Gasteiger partial charge is 0.495 e. The maximum atomic E-state index is 14.1. The van der Waals surface area contributed by atoms with Crippen molar-refractivity contribution in [1.29, 1.82) is 0 Å². The van der Waals surface area contributed by atoms with Gasteiger partial charge >= 0.3 is 0 Å². The molecule has 2 bridgehead atoms. The monoisotopic (exact) mass is 511 g/mol. The van der Waals surface area contributed by atoms with E-state index in [-0.39, 0.29) is 53.1 Å². The van der Waals surface area contributed by atoms with Gasteiger partial charge in [-0.3, -0.25) is 4.79 Å². The first kappa shape index (κ1) is 25.5. The first-order valence-electron chi connectivity index (χ1n) is 11.4. The number of carbonyl (C=O) groups excluding carboxylic acids is 1. The molecule has 3 N–H and O–H groups in total. The molecule has 2 saturated heterocycles. The van der Waals surface area contributed by atoms with Gasteiger partial charge in [-0.15, -0.1) is 0 Å². The Bertz CT molecular complexity index is 1200. The Morgan fingerprint density at radius 2 is 1.74 bits per heavy atom. The lowest BCUT2D eigenvalue weighted by Gasteiger charge is -2.41. The summed E-state index contributed by atoms with van der Waals surface area (Å²) in [5.74, 6) is -3.38. The molecule has 0 spiro atoms. The number of benzene rings is 2. The molecule has 2 aromatic rings. The predicted molar refractivity (Wildman–Crippen MR) is 123 cm³/mol. The number of carbonyl (C=O) groups is 1. The molecule has 4 atom stereocenters. The van der Waals surface area contributed by atoms with Gasteiger partial charge in [0, 0.05) is 24.2 Å². The van der Waals surface area contributed by atoms with Gasteiger partial charge in [-0.25, -0.2) is 26.3 Å². The van der Waals surface area contributed by atoms with E-state index in [2.05, 4.69) is 4.72 Å². The van der Waals surface area contributed by atoms with Crippen LogP contribution in [0, 0.1) is 23.4 Å². The van der Waals surface area contributed by atoms with Crippen molar-refractivity contribution in [3.63, 3.8) is 0 Å². The van der Waals surface area contributed by atoms with Crippen LogP contribution in [0.15, 0.2) is 41.3 Å². The Morgan fingerprint density at radius 3 is 2.40 bits per heavy atom. The van der Waals surface area contributed by atoms with E-state index < -0.39 is 33.5 Å². The number of amides is 1. The molecule has 0 unspecified atom stereocenters. The summed E-state index contributed by atoms with van der Waals surface area (Å²) in [5.41, 5.74) is 6.35. The van der Waals surface area contributed by atoms with Gasteiger partial charge in [0.05, 0.1) is 13.7 Å². The fourth-order valence-electron chi connectivity index (χ4n) is 5.28. The van der Waals surface area contributed by atoms with Crippen LogP contribution in [-0.2, 0) is 21.2 Å². The third-order valence-corrected chi connectivity index (χ3v) is 8.42. The predicted octanol–water partition coefficient (Wildman–Crippen LogP) is 2.73. The normalized spacial score (nSPS) is 22.8. The fourth-order valence-corrected chi connectivity index (χ4v) is 6.43. The van der Waals surface area contributed by atoms with Crippen LogP contribution >= 0.6 is 0 Å². The number of halogens is 3. The lowest BCUT2D eigenvalue weighted by atomic mass is 9.82. The van der Waals surface area contributed by atoms with Crippen molar-refractivity contribution in [3.8, 4) is 5.75 Å². The topological polar surface area (TPSA) is 102 Å². The van der Waals surface area contributed by atoms with Gasteiger partial charge < -0.3 is 15.4 Å². The Balaban J connectivity index is 1.38. The second-order valence-electron chi connectivity index (χ2n) is 9.12. The summed E-state index contributed by atoms with van der Waals surface area (Å²) in [4.78, 5) is 14.7. The highest BCUT2D eigenvalue weighted by Gasteiger charge is 2.44. The van der Waals surface area contributed by atoms with Crippen LogP contribution < -0.4 is 15.2 Å². The maximum absolute atomic E-state index is 14.1. The summed E-state index contributed by atoms with van der Waals surface area (Å²) in [6.45, 7) is -0.385. The lowest BCUT2D eigenvalue weighted by molar-refractivity contribution is -0.135. The molecule has 2 aliphatic rings. The van der Waals surface area contributed by atoms with Crippen LogP contribution in [0.2, 0.25) is 0 Å². The van der Waals surface area contributed by atoms with E-state index in [0.717, 1.165) is 18.9 Å². The summed E-state index contributed by atoms with van der Waals surface area (Å²) >= 11 is 0. The molecule has 7 nitrogen and oxygen atoms in total. The van der Waals surface area contributed by atoms with E-state index in [0.29, 0.717) is 18.9 Å². The summed E-state index contributed by atoms with van der Waals surface area (Å²) in [6.07, 6.45) is 2.73. The van der Waals surface area contributed by atoms with Gasteiger partial charge in [0.2, 0.25) is 15.9 Å². The number of para-hydroxylation sites is 1. The number of fused-ring (bicyclic) bond motifs is 2. The third kappa shape index (κ3) is 5.31. The lowest BCUT2D eigenvalue weighted by Crippen LogP contribution is -2.52. The first-order chi connectivity index (χ1) is 16.6. The summed E-state index contributed by atoms with van der Waals surface area (Å²) in [7, 11) is -2.59. The third-order valence-electron chi connectivity index (χ3n) is 6.98. The molecule has 190 valence electrons. The van der Waals surface area contributed by atoms with Crippen molar-refractivity contribution >= 4 is 15.9 Å². The minimum absolute atomic E-state index is 0.0213. The van der Waals surface area contributed by atoms with Crippen molar-refractivity contribution in [3.05, 3.63) is 59.4 Å². The van der Waals surface area contributed by atoms with Gasteiger partial charge in [0.15, 0.2) is 11.6 Å². The average Bonchev–Trinajstić information content (AvgIpc) is 3.10. The number of piperidine rings is 1. The van der Waals surface area contributed by atoms with Crippen molar-refractivity contribution in [2.24, 2.45) is 11.7 Å². The minimum Gasteiger partial charge on any atom is -0.495 e. The van der Waals surface area contributed by atoms with E-state index in [1.54, 1.807) is 17.0 Å². The van der Waals surface area contributed by atoms with Crippen molar-refractivity contribution < 1.29 is 31.1 Å². The van der Waals surface area contributed by atoms with Crippen LogP contribution in [0.3, 0.4) is 0 Å². The number of nitrogens with two attached hydrogens (primary N) is 1. The Morgan fingerprint density at radius 1 is 1.11 bits per heavy atom. The zero-order valence-corrected chi connectivity index (χ0v) is 20.0. The zero-order chi connectivity index (χ0) is 25.3. The first-order valence-corrected chi connectivity index (χ1v) is 12.9. The Kier molecular flexibility index (Phi) is 7.39. The molecule has 0 aliphatic carbocycles. The highest BCUT2D eigenvalue weighted by molar-refractivity contribution is 7.89. The average molecular weight is 512 g/mol. The van der Waals surface area contributed by atoms with Crippen LogP contribution in [-0.4, -0.2) is 51.0 Å². The van der Waals surface area contributed by atoms with E-state index >= 15 is 0 Å². The highest BCUT2D eigenvalue weighted by atomic mass is 32.2. The molecular weight excluding hydrogens is 483 g/mol. The molecule has 2 heterocycles. The number of sulfonamides is 1. The smallest absolute Gasteiger partial charge is 0.244 e. The van der Waals surface area contributed by atoms with E-state index in [1.165, 1.54) is 19.2 Å². The van der Waals surface area contributed by atoms with E-state index in [4.69, 9.17) is 10.5 Å². The Hall–Kier alpha value is -2.63. The van der Waals surface area contributed by atoms with Gasteiger partial charge in [-0.2, -0.15) is 0 Å². The number of ether oxygens (including phenoxy) is 1. The maximum Gasteiger partial charge on any atom is 0.244 e. The molecule has 2 aliphatic heterocycles. The minimum atomic E-state index is -3.96. The summed E-state index contributed by atoms with van der Waals surface area (Å²) in [6, 6.07) is 6.80. The number of nitrogens with zero attached hydrogens (tertiary/aromatic N) is 1. The molecule has 0 radical (unpaired) electrons. The van der Waals surface area contributed by atoms with Crippen LogP contribution in [0.5, 0.6) is 5.75 Å². The second kappa shape index (κ2) is 10.2. The summed E-state index contributed by atoms with van der Waals surface area (Å²) in [5, 5.41) is 0. The van der Waals surface area contributed by atoms with Gasteiger partial charge in [-0.1, -0.05) is 12.1 Å². The molecule has 2 aromatic carbocycles. The summed E-state index contributed by atoms with van der Waals surface area (Å²) < 4.78 is 73.7. The van der Waals surface area contributed by atoms with Gasteiger partial charge in [0.25, 0.3) is 0 Å². The molecule has 35 heavy (non-hydrogen) atoms. The number of rotatable bonds is 8. The van der Waals surface area contributed by atoms with Crippen molar-refractivity contribution in [2.45, 2.75) is 55.1 Å². The molecule has 0 saturated carbocycles. The SMILES string of the molecule is COc1ccccc1S(=O)(=O)NCC(=O)N1[C@@H]2CC[C@H]1C[C@H]([C@H](N)Cc1cc(F)c(F)cc1F)C2. The number of hydrogen-bond acceptors (Lipinski definition) is 5. The standard InChI is InChI=1S/C24H28F3N3O4S/c1-34-22-4-2-3-5-23(22)35(32,33)29-13-24(31)30-16-6-7-17(30)9-15(8-16)21(28)11-14-10-19(26)20(27)12-18(14)25/h2-5,10,12,15-17,21,29H,6-9,11,13,28H2,1H3/t15-,16-,17+,21-/m1/s1.